The van der Waals surface area contributed by atoms with Crippen LogP contribution in [0.4, 0.5) is 0 Å². The van der Waals surface area contributed by atoms with Crippen LogP contribution in [0.3, 0.4) is 0 Å². The normalized spacial score (nSPS) is 15.7. The van der Waals surface area contributed by atoms with Crippen molar-refractivity contribution in [2.24, 2.45) is 11.5 Å². The van der Waals surface area contributed by atoms with Crippen molar-refractivity contribution in [3.05, 3.63) is 162 Å². The van der Waals surface area contributed by atoms with Gasteiger partial charge < -0.3 is 83.7 Å². The van der Waals surface area contributed by atoms with Crippen LogP contribution < -0.4 is 48.7 Å². The van der Waals surface area contributed by atoms with Gasteiger partial charge in [0.2, 0.25) is 53.2 Å². The predicted octanol–water partition coefficient (Wildman–Crippen LogP) is 0.441. The molecule has 0 unspecified atom stereocenters. The maximum atomic E-state index is 15.1. The lowest BCUT2D eigenvalue weighted by Crippen LogP contribution is -2.62. The van der Waals surface area contributed by atoms with Crippen LogP contribution >= 0.6 is 0 Å². The van der Waals surface area contributed by atoms with Gasteiger partial charge in [-0.2, -0.15) is 0 Å². The van der Waals surface area contributed by atoms with E-state index in [0.717, 1.165) is 10.9 Å². The molecule has 4 aromatic heterocycles. The number of aromatic amines is 4. The molecule has 91 heavy (non-hydrogen) atoms. The summed E-state index contributed by atoms with van der Waals surface area (Å²) in [5.74, 6) is -8.96. The molecule has 9 amide bonds. The second-order valence-electron chi connectivity index (χ2n) is 22.6. The molecule has 0 aliphatic carbocycles. The summed E-state index contributed by atoms with van der Waals surface area (Å²) >= 11 is 0. The Kier molecular flexibility index (Phi) is 21.4. The highest BCUT2D eigenvalue weighted by atomic mass is 16.4. The Morgan fingerprint density at radius 3 is 1.57 bits per heavy atom. The van der Waals surface area contributed by atoms with Gasteiger partial charge in [-0.1, -0.05) is 84.9 Å². The van der Waals surface area contributed by atoms with E-state index in [9.17, 15) is 53.4 Å². The van der Waals surface area contributed by atoms with Crippen molar-refractivity contribution in [2.45, 2.75) is 119 Å². The fourth-order valence-corrected chi connectivity index (χ4v) is 11.4. The van der Waals surface area contributed by atoms with Crippen LogP contribution in [0.25, 0.3) is 32.7 Å². The predicted molar refractivity (Wildman–Crippen MR) is 333 cm³/mol. The largest absolute Gasteiger partial charge is 0.480 e. The number of primary amides is 1. The second-order valence-corrected chi connectivity index (χ2v) is 22.6. The minimum Gasteiger partial charge on any atom is -0.480 e. The lowest BCUT2D eigenvalue weighted by Gasteiger charge is -2.30. The number of aliphatic hydroxyl groups is 1. The number of H-pyrrole nitrogens is 4. The average Bonchev–Trinajstić information content (AvgIpc) is 2.20. The number of aromatic nitrogens is 5. The van der Waals surface area contributed by atoms with Crippen LogP contribution in [0, 0.1) is 0 Å². The molecule has 27 nitrogen and oxygen atoms in total. The van der Waals surface area contributed by atoms with Gasteiger partial charge in [0.05, 0.1) is 19.0 Å². The number of hydrogen-bond acceptors (Lipinski definition) is 13. The van der Waals surface area contributed by atoms with E-state index in [2.05, 4.69) is 62.1 Å². The third-order valence-electron chi connectivity index (χ3n) is 16.1. The van der Waals surface area contributed by atoms with E-state index in [-0.39, 0.29) is 45.1 Å². The van der Waals surface area contributed by atoms with Crippen LogP contribution in [0.5, 0.6) is 0 Å². The second kappa shape index (κ2) is 30.0. The molecule has 0 radical (unpaired) electrons. The van der Waals surface area contributed by atoms with Gasteiger partial charge in [-0.25, -0.2) is 9.78 Å². The van der Waals surface area contributed by atoms with Crippen molar-refractivity contribution < 1.29 is 58.2 Å². The fourth-order valence-electron chi connectivity index (χ4n) is 11.4. The molecule has 17 N–H and O–H groups in total. The number of likely N-dealkylation sites (tertiary alicyclic amines) is 1. The Morgan fingerprint density at radius 1 is 0.571 bits per heavy atom. The Bertz CT molecular complexity index is 3920. The maximum absolute atomic E-state index is 15.1. The van der Waals surface area contributed by atoms with Crippen LogP contribution in [0.1, 0.15) is 60.6 Å². The van der Waals surface area contributed by atoms with Gasteiger partial charge in [0, 0.05) is 108 Å². The zero-order valence-corrected chi connectivity index (χ0v) is 49.7. The van der Waals surface area contributed by atoms with Gasteiger partial charge in [0.1, 0.15) is 48.3 Å². The molecule has 5 heterocycles. The van der Waals surface area contributed by atoms with E-state index < -0.39 is 133 Å². The first-order valence-electron chi connectivity index (χ1n) is 29.8. The molecular formula is C64H73N15O12. The summed E-state index contributed by atoms with van der Waals surface area (Å²) in [5, 5.41) is 42.1. The number of amides is 9. The lowest BCUT2D eigenvalue weighted by molar-refractivity contribution is -0.145. The number of para-hydroxylation sites is 3. The summed E-state index contributed by atoms with van der Waals surface area (Å²) in [4.78, 5) is 158. The number of imidazole rings is 1. The Hall–Kier alpha value is -10.7. The molecule has 0 saturated carbocycles. The third kappa shape index (κ3) is 16.5. The van der Waals surface area contributed by atoms with Gasteiger partial charge >= 0.3 is 5.97 Å². The molecular weight excluding hydrogens is 1170 g/mol. The van der Waals surface area contributed by atoms with Gasteiger partial charge in [0.25, 0.3) is 0 Å². The van der Waals surface area contributed by atoms with E-state index in [1.165, 1.54) is 24.3 Å². The minimum absolute atomic E-state index is 0.0212. The summed E-state index contributed by atoms with van der Waals surface area (Å²) in [6.45, 7) is 0.857. The molecule has 9 atom stereocenters. The van der Waals surface area contributed by atoms with Crippen molar-refractivity contribution in [2.75, 3.05) is 13.1 Å². The van der Waals surface area contributed by atoms with E-state index >= 15 is 4.79 Å². The first kappa shape index (κ1) is 64.8. The molecule has 1 aliphatic heterocycles. The molecule has 1 fully saturated rings. The summed E-state index contributed by atoms with van der Waals surface area (Å²) in [6.07, 6.45) is 5.13. The molecule has 27 heteroatoms. The average molecular weight is 1240 g/mol. The number of nitrogens with one attached hydrogen (secondary N) is 11. The van der Waals surface area contributed by atoms with Gasteiger partial charge in [-0.05, 0) is 66.6 Å². The molecule has 4 aromatic carbocycles. The number of nitrogens with two attached hydrogens (primary N) is 2. The number of hydrogen-bond donors (Lipinski definition) is 15. The molecule has 9 rings (SSSR count). The summed E-state index contributed by atoms with van der Waals surface area (Å²) in [7, 11) is 0. The quantitative estimate of drug-likeness (QED) is 0.0291. The standard InChI is InChI=1S/C64H73N15O12/c1-35(80)56(78-60(86)48(72-55(82)29-65)24-36-12-3-2-4-13-36)62(88)75-50(26-38-31-69-45-18-9-6-15-42(38)45)58(84)73-47(21-22-54(66)81)57(83)74-49(25-37-30-68-44-17-8-5-14-41(37)44)59(85)76-51(28-40-33-67-34-71-40)63(89)79-23-11-20-53(79)61(87)77-52(64(90)91)27-39-32-70-46-19-10-7-16-43(39)46/h2-10,12-19,30-35,47-53,56,68-70,80H,11,20-29,65H2,1H3,(H2,66,81)(H,67,71)(H,72,82)(H,73,84)(H,74,83)(H,75,88)(H,76,85)(H,77,87)(H,78,86)(H,90,91)/t35-,47+,48-,49+,50+,51+,52+,53+,56+/m1/s1. The number of aliphatic hydroxyl groups excluding tert-OH is 1. The lowest BCUT2D eigenvalue weighted by atomic mass is 10.0. The van der Waals surface area contributed by atoms with Crippen molar-refractivity contribution in [1.82, 2.24) is 67.0 Å². The van der Waals surface area contributed by atoms with E-state index in [1.807, 2.05) is 24.3 Å². The monoisotopic (exact) mass is 1240 g/mol. The first-order chi connectivity index (χ1) is 43.8. The van der Waals surface area contributed by atoms with Crippen LogP contribution in [0.15, 0.2) is 134 Å². The van der Waals surface area contributed by atoms with E-state index in [4.69, 9.17) is 11.5 Å². The molecule has 8 aromatic rings. The number of aliphatic carboxylic acids is 1. The zero-order chi connectivity index (χ0) is 64.7. The van der Waals surface area contributed by atoms with Gasteiger partial charge in [0.15, 0.2) is 0 Å². The van der Waals surface area contributed by atoms with Crippen LogP contribution in [-0.4, -0.2) is 167 Å². The topological polar surface area (TPSA) is 427 Å². The number of fused-ring (bicyclic) bond motifs is 3. The van der Waals surface area contributed by atoms with E-state index in [0.29, 0.717) is 56.2 Å². The molecule has 476 valence electrons. The van der Waals surface area contributed by atoms with Crippen molar-refractivity contribution >= 4 is 91.8 Å². The number of carboxylic acid groups (broad SMARTS) is 1. The molecule has 1 saturated heterocycles. The fraction of sp³-hybridized carbons (Fsp3) is 0.328. The van der Waals surface area contributed by atoms with Crippen molar-refractivity contribution in [3.8, 4) is 0 Å². The highest BCUT2D eigenvalue weighted by Crippen LogP contribution is 2.25. The Balaban J connectivity index is 0.974. The minimum atomic E-state index is -1.72. The maximum Gasteiger partial charge on any atom is 0.326 e. The number of carboxylic acids is 1. The van der Waals surface area contributed by atoms with Crippen molar-refractivity contribution in [3.63, 3.8) is 0 Å². The van der Waals surface area contributed by atoms with Gasteiger partial charge in [-0.15, -0.1) is 0 Å². The third-order valence-corrected chi connectivity index (χ3v) is 16.1. The highest BCUT2D eigenvalue weighted by Gasteiger charge is 2.41. The number of benzene rings is 4. The smallest absolute Gasteiger partial charge is 0.326 e. The molecule has 1 aliphatic rings. The zero-order valence-electron chi connectivity index (χ0n) is 49.7. The summed E-state index contributed by atoms with van der Waals surface area (Å²) < 4.78 is 0. The molecule has 0 bridgehead atoms. The highest BCUT2D eigenvalue weighted by molar-refractivity contribution is 5.99. The number of nitrogens with zero attached hydrogens (tertiary/aromatic N) is 2. The number of rotatable bonds is 30. The van der Waals surface area contributed by atoms with E-state index in [1.54, 1.807) is 97.5 Å². The number of carbonyl (C=O) groups excluding carboxylic acids is 9. The summed E-state index contributed by atoms with van der Waals surface area (Å²) in [6, 6.07) is 18.7. The number of carbonyl (C=O) groups is 10. The Labute approximate surface area is 521 Å². The SMILES string of the molecule is C[C@@H](O)[C@H](NC(=O)[C@@H](Cc1ccccc1)NC(=O)CN)C(=O)N[C@@H](Cc1c[nH]c2ccccc12)C(=O)N[C@@H](CCC(N)=O)C(=O)N[C@@H](Cc1c[nH]c2ccccc12)C(=O)N[C@@H](Cc1cnc[nH]1)C(=O)N1CCC[C@H]1C(=O)N[C@@H](Cc1c[nH]c2ccccc12)C(=O)O. The van der Waals surface area contributed by atoms with Gasteiger partial charge in [-0.3, -0.25) is 43.2 Å². The summed E-state index contributed by atoms with van der Waals surface area (Å²) in [5.41, 5.74) is 16.2. The van der Waals surface area contributed by atoms with Crippen LogP contribution in [-0.2, 0) is 80.0 Å². The first-order valence-corrected chi connectivity index (χ1v) is 29.8. The molecule has 0 spiro atoms. The Morgan fingerprint density at radius 2 is 1.05 bits per heavy atom. The van der Waals surface area contributed by atoms with Crippen molar-refractivity contribution in [1.29, 1.82) is 0 Å². The van der Waals surface area contributed by atoms with Crippen LogP contribution in [0.2, 0.25) is 0 Å².